The van der Waals surface area contributed by atoms with Crippen LogP contribution in [-0.4, -0.2) is 24.0 Å². The summed E-state index contributed by atoms with van der Waals surface area (Å²) >= 11 is 4.59. The van der Waals surface area contributed by atoms with Crippen molar-refractivity contribution in [1.82, 2.24) is 0 Å². The van der Waals surface area contributed by atoms with E-state index >= 15 is 0 Å². The van der Waals surface area contributed by atoms with E-state index in [9.17, 15) is 13.2 Å². The third kappa shape index (κ3) is 3.95. The number of thiocarbonyl (C=S) groups is 1. The van der Waals surface area contributed by atoms with Gasteiger partial charge in [-0.2, -0.15) is 8.42 Å². The van der Waals surface area contributed by atoms with Gasteiger partial charge >= 0.3 is 0 Å². The summed E-state index contributed by atoms with van der Waals surface area (Å²) in [6.07, 6.45) is 0. The first-order chi connectivity index (χ1) is 8.20. The van der Waals surface area contributed by atoms with Gasteiger partial charge in [-0.05, 0) is 30.4 Å². The third-order valence-corrected chi connectivity index (χ3v) is 2.85. The lowest BCUT2D eigenvalue weighted by Gasteiger charge is -2.11. The number of carbonyl (C=O) groups is 1. The van der Waals surface area contributed by atoms with Gasteiger partial charge < -0.3 is 16.4 Å². The molecule has 0 unspecified atom stereocenters. The monoisotopic (exact) mass is 289 g/mol. The van der Waals surface area contributed by atoms with Crippen LogP contribution in [0.25, 0.3) is 0 Å². The second-order valence-corrected chi connectivity index (χ2v) is 5.19. The second kappa shape index (κ2) is 5.29. The summed E-state index contributed by atoms with van der Waals surface area (Å²) in [5.74, 6) is -0.323. The van der Waals surface area contributed by atoms with Gasteiger partial charge in [0.2, 0.25) is 5.91 Å². The number of hydrogen-bond donors (Lipinski definition) is 4. The first-order valence-corrected chi connectivity index (χ1v) is 6.50. The van der Waals surface area contributed by atoms with E-state index in [1.54, 1.807) is 0 Å². The molecule has 1 aromatic carbocycles. The Labute approximate surface area is 109 Å². The van der Waals surface area contributed by atoms with Crippen molar-refractivity contribution in [3.8, 4) is 0 Å². The molecule has 0 fully saturated rings. The van der Waals surface area contributed by atoms with Crippen LogP contribution in [0.15, 0.2) is 23.1 Å². The van der Waals surface area contributed by atoms with Gasteiger partial charge in [0.15, 0.2) is 5.11 Å². The first kappa shape index (κ1) is 14.4. The van der Waals surface area contributed by atoms with Gasteiger partial charge in [-0.15, -0.1) is 0 Å². The van der Waals surface area contributed by atoms with Crippen molar-refractivity contribution in [3.05, 3.63) is 18.2 Å². The molecule has 0 aliphatic rings. The fourth-order valence-electron chi connectivity index (χ4n) is 1.27. The largest absolute Gasteiger partial charge is 0.376 e. The molecule has 1 aromatic rings. The minimum Gasteiger partial charge on any atom is -0.376 e. The molecular formula is C9H11N3O4S2. The van der Waals surface area contributed by atoms with E-state index in [1.807, 2.05) is 0 Å². The van der Waals surface area contributed by atoms with Gasteiger partial charge in [-0.25, -0.2) is 0 Å². The van der Waals surface area contributed by atoms with Crippen molar-refractivity contribution in [2.24, 2.45) is 5.73 Å². The molecule has 0 aromatic heterocycles. The molecule has 0 atom stereocenters. The lowest BCUT2D eigenvalue weighted by Crippen LogP contribution is -2.20. The molecule has 0 spiro atoms. The predicted molar refractivity (Wildman–Crippen MR) is 71.0 cm³/mol. The fraction of sp³-hybridized carbons (Fsp3) is 0.111. The Kier molecular flexibility index (Phi) is 4.22. The number of nitrogens with one attached hydrogen (secondary N) is 2. The van der Waals surface area contributed by atoms with Crippen molar-refractivity contribution in [1.29, 1.82) is 0 Å². The quantitative estimate of drug-likeness (QED) is 0.473. The van der Waals surface area contributed by atoms with Crippen LogP contribution in [0.2, 0.25) is 0 Å². The van der Waals surface area contributed by atoms with Crippen LogP contribution in [0.4, 0.5) is 11.4 Å². The first-order valence-electron chi connectivity index (χ1n) is 4.65. The zero-order valence-electron chi connectivity index (χ0n) is 9.30. The zero-order chi connectivity index (χ0) is 13.9. The van der Waals surface area contributed by atoms with Gasteiger partial charge in [0.25, 0.3) is 10.1 Å². The molecule has 7 nitrogen and oxygen atoms in total. The standard InChI is InChI=1S/C9H11N3O4S2/c1-5(13)11-6-2-3-8(18(14,15)16)7(4-6)12-9(10)17/h2-4H,1H3,(H,11,13)(H3,10,12,17)(H,14,15,16). The number of amides is 1. The summed E-state index contributed by atoms with van der Waals surface area (Å²) < 4.78 is 31.2. The minimum atomic E-state index is -4.41. The molecular weight excluding hydrogens is 278 g/mol. The molecule has 0 saturated heterocycles. The number of anilines is 2. The van der Waals surface area contributed by atoms with E-state index in [1.165, 1.54) is 19.1 Å². The molecule has 98 valence electrons. The van der Waals surface area contributed by atoms with Crippen LogP contribution in [0, 0.1) is 0 Å². The highest BCUT2D eigenvalue weighted by Crippen LogP contribution is 2.25. The van der Waals surface area contributed by atoms with E-state index in [0.717, 1.165) is 6.07 Å². The lowest BCUT2D eigenvalue weighted by molar-refractivity contribution is -0.114. The van der Waals surface area contributed by atoms with Gasteiger partial charge in [0, 0.05) is 12.6 Å². The number of nitrogens with two attached hydrogens (primary N) is 1. The summed E-state index contributed by atoms with van der Waals surface area (Å²) in [4.78, 5) is 10.5. The Bertz CT molecular complexity index is 598. The average Bonchev–Trinajstić information content (AvgIpc) is 2.13. The fourth-order valence-corrected chi connectivity index (χ4v) is 2.00. The Morgan fingerprint density at radius 1 is 1.39 bits per heavy atom. The van der Waals surface area contributed by atoms with Crippen molar-refractivity contribution in [2.45, 2.75) is 11.8 Å². The highest BCUT2D eigenvalue weighted by atomic mass is 32.2. The van der Waals surface area contributed by atoms with Crippen LogP contribution in [0.1, 0.15) is 6.92 Å². The number of hydrogen-bond acceptors (Lipinski definition) is 4. The number of rotatable bonds is 3. The molecule has 1 rings (SSSR count). The molecule has 18 heavy (non-hydrogen) atoms. The summed E-state index contributed by atoms with van der Waals surface area (Å²) in [5.41, 5.74) is 5.57. The molecule has 1 amide bonds. The van der Waals surface area contributed by atoms with Crippen molar-refractivity contribution < 1.29 is 17.8 Å². The molecule has 0 radical (unpaired) electrons. The smallest absolute Gasteiger partial charge is 0.296 e. The molecule has 9 heteroatoms. The highest BCUT2D eigenvalue weighted by Gasteiger charge is 2.16. The second-order valence-electron chi connectivity index (χ2n) is 3.36. The van der Waals surface area contributed by atoms with Gasteiger partial charge in [-0.1, -0.05) is 0 Å². The van der Waals surface area contributed by atoms with E-state index in [0.29, 0.717) is 5.69 Å². The molecule has 5 N–H and O–H groups in total. The highest BCUT2D eigenvalue weighted by molar-refractivity contribution is 7.86. The zero-order valence-corrected chi connectivity index (χ0v) is 10.9. The number of carbonyl (C=O) groups excluding carboxylic acids is 1. The molecule has 0 aliphatic heterocycles. The van der Waals surface area contributed by atoms with Gasteiger partial charge in [-0.3, -0.25) is 9.35 Å². The summed E-state index contributed by atoms with van der Waals surface area (Å²) in [7, 11) is -4.41. The number of benzene rings is 1. The van der Waals surface area contributed by atoms with Crippen molar-refractivity contribution >= 4 is 44.7 Å². The van der Waals surface area contributed by atoms with E-state index in [4.69, 9.17) is 10.3 Å². The third-order valence-electron chi connectivity index (χ3n) is 1.84. The van der Waals surface area contributed by atoms with Crippen molar-refractivity contribution in [2.75, 3.05) is 10.6 Å². The predicted octanol–water partition coefficient (Wildman–Crippen LogP) is 0.547. The maximum absolute atomic E-state index is 11.1. The van der Waals surface area contributed by atoms with Crippen LogP contribution < -0.4 is 16.4 Å². The molecule has 0 aliphatic carbocycles. The van der Waals surface area contributed by atoms with Crippen LogP contribution in [-0.2, 0) is 14.9 Å². The van der Waals surface area contributed by atoms with E-state index in [-0.39, 0.29) is 21.6 Å². The minimum absolute atomic E-state index is 0.0174. The normalized spacial score (nSPS) is 10.8. The summed E-state index contributed by atoms with van der Waals surface area (Å²) in [6, 6.07) is 3.75. The van der Waals surface area contributed by atoms with Gasteiger partial charge in [0.05, 0.1) is 5.69 Å². The van der Waals surface area contributed by atoms with Crippen LogP contribution in [0.5, 0.6) is 0 Å². The Balaban J connectivity index is 3.29. The Morgan fingerprint density at radius 3 is 2.44 bits per heavy atom. The average molecular weight is 289 g/mol. The van der Waals surface area contributed by atoms with Gasteiger partial charge in [0.1, 0.15) is 4.90 Å². The SMILES string of the molecule is CC(=O)Nc1ccc(S(=O)(=O)O)c(NC(N)=S)c1. The van der Waals surface area contributed by atoms with Crippen LogP contribution >= 0.6 is 12.2 Å². The maximum atomic E-state index is 11.1. The van der Waals surface area contributed by atoms with E-state index < -0.39 is 10.1 Å². The van der Waals surface area contributed by atoms with E-state index in [2.05, 4.69) is 22.9 Å². The molecule has 0 bridgehead atoms. The maximum Gasteiger partial charge on any atom is 0.296 e. The van der Waals surface area contributed by atoms with Crippen molar-refractivity contribution in [3.63, 3.8) is 0 Å². The summed E-state index contributed by atoms with van der Waals surface area (Å²) in [5, 5.41) is 4.70. The van der Waals surface area contributed by atoms with Crippen LogP contribution in [0.3, 0.4) is 0 Å². The molecule has 0 saturated carbocycles. The summed E-state index contributed by atoms with van der Waals surface area (Å²) in [6.45, 7) is 1.30. The molecule has 0 heterocycles. The Hall–Kier alpha value is -1.71. The lowest BCUT2D eigenvalue weighted by atomic mass is 10.2. The Morgan fingerprint density at radius 2 is 2.00 bits per heavy atom. The topological polar surface area (TPSA) is 122 Å².